The predicted molar refractivity (Wildman–Crippen MR) is 62.8 cm³/mol. The molecule has 1 amide bonds. The molecule has 0 bridgehead atoms. The van der Waals surface area contributed by atoms with Gasteiger partial charge in [0.25, 0.3) is 0 Å². The zero-order valence-electron chi connectivity index (χ0n) is 8.68. The van der Waals surface area contributed by atoms with Crippen LogP contribution in [0.4, 0.5) is 9.83 Å². The highest BCUT2D eigenvalue weighted by Gasteiger charge is 2.40. The highest BCUT2D eigenvalue weighted by molar-refractivity contribution is 7.87. The van der Waals surface area contributed by atoms with Crippen LogP contribution >= 0.6 is 23.2 Å². The Balaban J connectivity index is 2.32. The lowest BCUT2D eigenvalue weighted by molar-refractivity contribution is -0.117. The Bertz CT molecular complexity index is 589. The summed E-state index contributed by atoms with van der Waals surface area (Å²) < 4.78 is 34.3. The van der Waals surface area contributed by atoms with Crippen LogP contribution in [0.25, 0.3) is 0 Å². The molecule has 0 radical (unpaired) electrons. The van der Waals surface area contributed by atoms with Gasteiger partial charge in [-0.2, -0.15) is 8.42 Å². The second-order valence-corrected chi connectivity index (χ2v) is 6.01. The van der Waals surface area contributed by atoms with Crippen LogP contribution in [-0.2, 0) is 15.0 Å². The summed E-state index contributed by atoms with van der Waals surface area (Å²) in [6, 6.07) is 1.26. The normalized spacial score (nSPS) is 20.5. The number of anilines is 1. The zero-order chi connectivity index (χ0) is 13.5. The van der Waals surface area contributed by atoms with Crippen molar-refractivity contribution in [2.45, 2.75) is 11.7 Å². The molecule has 98 valence electrons. The Labute approximate surface area is 112 Å². The Morgan fingerprint density at radius 1 is 1.33 bits per heavy atom. The first-order valence-electron chi connectivity index (χ1n) is 4.71. The highest BCUT2D eigenvalue weighted by atomic mass is 35.5. The van der Waals surface area contributed by atoms with Crippen molar-refractivity contribution in [3.63, 3.8) is 0 Å². The van der Waals surface area contributed by atoms with Crippen LogP contribution in [-0.4, -0.2) is 36.1 Å². The molecule has 2 rings (SSSR count). The third kappa shape index (κ3) is 2.70. The van der Waals surface area contributed by atoms with E-state index in [2.05, 4.69) is 9.97 Å². The van der Waals surface area contributed by atoms with Crippen molar-refractivity contribution >= 4 is 45.3 Å². The van der Waals surface area contributed by atoms with Gasteiger partial charge >= 0.3 is 10.2 Å². The first-order chi connectivity index (χ1) is 8.27. The maximum absolute atomic E-state index is 12.8. The minimum atomic E-state index is -4.78. The van der Waals surface area contributed by atoms with Crippen LogP contribution in [0.1, 0.15) is 6.42 Å². The van der Waals surface area contributed by atoms with Crippen LogP contribution in [0.15, 0.2) is 6.07 Å². The van der Waals surface area contributed by atoms with Crippen molar-refractivity contribution in [3.8, 4) is 0 Å². The maximum atomic E-state index is 12.8. The van der Waals surface area contributed by atoms with E-state index in [0.717, 1.165) is 4.90 Å². The van der Waals surface area contributed by atoms with E-state index in [1.54, 1.807) is 0 Å². The quantitative estimate of drug-likeness (QED) is 0.605. The summed E-state index contributed by atoms with van der Waals surface area (Å²) in [4.78, 5) is 20.0. The van der Waals surface area contributed by atoms with Crippen LogP contribution in [0, 0.1) is 0 Å². The molecule has 10 heteroatoms. The molecule has 1 aromatic rings. The molecule has 2 heterocycles. The summed E-state index contributed by atoms with van der Waals surface area (Å²) in [7, 11) is -4.78. The average molecular weight is 314 g/mol. The number of halogens is 3. The maximum Gasteiger partial charge on any atom is 0.307 e. The monoisotopic (exact) mass is 313 g/mol. The number of aromatic nitrogens is 2. The molecule has 0 spiro atoms. The number of nitrogens with zero attached hydrogens (tertiary/aromatic N) is 3. The SMILES string of the molecule is O=C1CC(S(=O)(=O)F)CN1c1nc(Cl)cc(Cl)n1. The highest BCUT2D eigenvalue weighted by Crippen LogP contribution is 2.25. The van der Waals surface area contributed by atoms with Gasteiger partial charge in [0.2, 0.25) is 11.9 Å². The molecule has 0 saturated carbocycles. The van der Waals surface area contributed by atoms with E-state index in [-0.39, 0.29) is 22.8 Å². The van der Waals surface area contributed by atoms with E-state index in [4.69, 9.17) is 23.2 Å². The van der Waals surface area contributed by atoms with Crippen LogP contribution in [0.2, 0.25) is 10.3 Å². The van der Waals surface area contributed by atoms with E-state index < -0.39 is 27.8 Å². The van der Waals surface area contributed by atoms with Gasteiger partial charge in [-0.3, -0.25) is 9.69 Å². The van der Waals surface area contributed by atoms with Crippen molar-refractivity contribution in [3.05, 3.63) is 16.4 Å². The van der Waals surface area contributed by atoms with E-state index in [0.29, 0.717) is 0 Å². The van der Waals surface area contributed by atoms with Crippen molar-refractivity contribution in [2.75, 3.05) is 11.4 Å². The summed E-state index contributed by atoms with van der Waals surface area (Å²) in [5.74, 6) is -0.733. The number of rotatable bonds is 2. The van der Waals surface area contributed by atoms with Gasteiger partial charge in [-0.1, -0.05) is 23.2 Å². The standard InChI is InChI=1S/C8H6Cl2FN3O3S/c9-5-2-6(10)13-8(12-5)14-3-4(1-7(14)15)18(11,16)17/h2,4H,1,3H2. The third-order valence-corrected chi connectivity index (χ3v) is 3.88. The van der Waals surface area contributed by atoms with Gasteiger partial charge in [-0.05, 0) is 0 Å². The molecular weight excluding hydrogens is 308 g/mol. The average Bonchev–Trinajstić information content (AvgIpc) is 2.58. The molecule has 1 unspecified atom stereocenters. The van der Waals surface area contributed by atoms with Crippen LogP contribution in [0.3, 0.4) is 0 Å². The van der Waals surface area contributed by atoms with Crippen molar-refractivity contribution in [2.24, 2.45) is 0 Å². The molecule has 0 aromatic carbocycles. The lowest BCUT2D eigenvalue weighted by Crippen LogP contribution is -2.28. The number of hydrogen-bond donors (Lipinski definition) is 0. The Kier molecular flexibility index (Phi) is 3.43. The molecule has 1 atom stereocenters. The van der Waals surface area contributed by atoms with Crippen molar-refractivity contribution in [1.82, 2.24) is 9.97 Å². The Morgan fingerprint density at radius 2 is 1.89 bits per heavy atom. The van der Waals surface area contributed by atoms with E-state index in [1.807, 2.05) is 0 Å². The molecule has 18 heavy (non-hydrogen) atoms. The summed E-state index contributed by atoms with van der Waals surface area (Å²) in [5, 5.41) is -1.40. The molecule has 0 N–H and O–H groups in total. The Morgan fingerprint density at radius 3 is 2.33 bits per heavy atom. The van der Waals surface area contributed by atoms with E-state index in [9.17, 15) is 17.1 Å². The van der Waals surface area contributed by atoms with Gasteiger partial charge in [0.1, 0.15) is 15.6 Å². The predicted octanol–water partition coefficient (Wildman–Crippen LogP) is 1.19. The first kappa shape index (κ1) is 13.4. The minimum absolute atomic E-state index is 0.00403. The number of amides is 1. The van der Waals surface area contributed by atoms with E-state index in [1.165, 1.54) is 6.07 Å². The number of carbonyl (C=O) groups is 1. The van der Waals surface area contributed by atoms with Crippen molar-refractivity contribution in [1.29, 1.82) is 0 Å². The summed E-state index contributed by atoms with van der Waals surface area (Å²) >= 11 is 11.3. The van der Waals surface area contributed by atoms with Gasteiger partial charge in [0.15, 0.2) is 0 Å². The second kappa shape index (κ2) is 4.60. The van der Waals surface area contributed by atoms with Gasteiger partial charge < -0.3 is 0 Å². The summed E-state index contributed by atoms with van der Waals surface area (Å²) in [6.07, 6.45) is -0.452. The molecule has 1 fully saturated rings. The fourth-order valence-corrected chi connectivity index (χ4v) is 2.64. The van der Waals surface area contributed by atoms with Gasteiger partial charge in [-0.25, -0.2) is 9.97 Å². The van der Waals surface area contributed by atoms with Crippen LogP contribution < -0.4 is 4.90 Å². The molecule has 1 aliphatic heterocycles. The lowest BCUT2D eigenvalue weighted by Gasteiger charge is -2.13. The minimum Gasteiger partial charge on any atom is -0.279 e. The lowest BCUT2D eigenvalue weighted by atomic mass is 10.4. The molecule has 1 aromatic heterocycles. The van der Waals surface area contributed by atoms with Gasteiger partial charge in [0.05, 0.1) is 0 Å². The summed E-state index contributed by atoms with van der Waals surface area (Å²) in [6.45, 7) is -0.353. The fraction of sp³-hybridized carbons (Fsp3) is 0.375. The smallest absolute Gasteiger partial charge is 0.279 e. The van der Waals surface area contributed by atoms with Crippen molar-refractivity contribution < 1.29 is 17.1 Å². The molecular formula is C8H6Cl2FN3O3S. The second-order valence-electron chi connectivity index (χ2n) is 3.62. The molecule has 1 saturated heterocycles. The van der Waals surface area contributed by atoms with Gasteiger partial charge in [0, 0.05) is 19.0 Å². The zero-order valence-corrected chi connectivity index (χ0v) is 11.0. The topological polar surface area (TPSA) is 80.2 Å². The molecule has 0 aliphatic carbocycles. The number of carbonyl (C=O) groups excluding carboxylic acids is 1. The molecule has 1 aliphatic rings. The van der Waals surface area contributed by atoms with Crippen LogP contribution in [0.5, 0.6) is 0 Å². The summed E-state index contributed by atoms with van der Waals surface area (Å²) in [5.41, 5.74) is 0. The first-order valence-corrected chi connectivity index (χ1v) is 6.91. The largest absolute Gasteiger partial charge is 0.307 e. The third-order valence-electron chi connectivity index (χ3n) is 2.38. The van der Waals surface area contributed by atoms with Gasteiger partial charge in [-0.15, -0.1) is 3.89 Å². The fourth-order valence-electron chi connectivity index (χ4n) is 1.56. The Hall–Kier alpha value is -0.990. The van der Waals surface area contributed by atoms with E-state index >= 15 is 0 Å². The number of hydrogen-bond acceptors (Lipinski definition) is 5. The molecule has 6 nitrogen and oxygen atoms in total.